The average molecular weight is 380 g/mol. The number of rotatable bonds is 5. The van der Waals surface area contributed by atoms with E-state index < -0.39 is 0 Å². The third kappa shape index (κ3) is 3.32. The van der Waals surface area contributed by atoms with Crippen molar-refractivity contribution in [3.63, 3.8) is 0 Å². The second kappa shape index (κ2) is 7.48. The molecular weight excluding hydrogens is 359 g/mol. The highest BCUT2D eigenvalue weighted by Gasteiger charge is 2.40. The molecule has 4 nitrogen and oxygen atoms in total. The first kappa shape index (κ1) is 17.7. The number of halogens is 1. The highest BCUT2D eigenvalue weighted by molar-refractivity contribution is 7.80. The Kier molecular flexibility index (Phi) is 4.90. The summed E-state index contributed by atoms with van der Waals surface area (Å²) in [6.07, 6.45) is 4.80. The van der Waals surface area contributed by atoms with E-state index in [2.05, 4.69) is 32.8 Å². The zero-order valence-corrected chi connectivity index (χ0v) is 15.9. The van der Waals surface area contributed by atoms with Gasteiger partial charge in [0.15, 0.2) is 5.11 Å². The number of benzene rings is 1. The minimum absolute atomic E-state index is 0.00685. The number of nitrogens with zero attached hydrogens (tertiary/aromatic N) is 3. The molecule has 1 aromatic carbocycles. The topological polar surface area (TPSA) is 33.1 Å². The summed E-state index contributed by atoms with van der Waals surface area (Å²) >= 11 is 5.64. The van der Waals surface area contributed by atoms with Crippen LogP contribution >= 0.6 is 12.2 Å². The Morgan fingerprint density at radius 1 is 1.11 bits per heavy atom. The van der Waals surface area contributed by atoms with Gasteiger partial charge in [-0.2, -0.15) is 0 Å². The Morgan fingerprint density at radius 3 is 2.63 bits per heavy atom. The first-order valence-electron chi connectivity index (χ1n) is 9.10. The molecule has 1 fully saturated rings. The molecule has 1 aliphatic rings. The van der Waals surface area contributed by atoms with Crippen LogP contribution in [0.4, 0.5) is 4.39 Å². The zero-order valence-electron chi connectivity index (χ0n) is 15.0. The van der Waals surface area contributed by atoms with Gasteiger partial charge < -0.3 is 14.8 Å². The van der Waals surface area contributed by atoms with Crippen molar-refractivity contribution in [2.45, 2.75) is 25.4 Å². The Bertz CT molecular complexity index is 923. The van der Waals surface area contributed by atoms with E-state index in [1.807, 2.05) is 30.5 Å². The maximum Gasteiger partial charge on any atom is 0.170 e. The summed E-state index contributed by atoms with van der Waals surface area (Å²) in [5, 5.41) is 4.19. The first-order valence-corrected chi connectivity index (χ1v) is 9.51. The fourth-order valence-electron chi connectivity index (χ4n) is 3.68. The van der Waals surface area contributed by atoms with Gasteiger partial charge in [0.25, 0.3) is 0 Å². The second-order valence-corrected chi connectivity index (χ2v) is 6.99. The highest BCUT2D eigenvalue weighted by atomic mass is 32.1. The molecule has 6 heteroatoms. The van der Waals surface area contributed by atoms with E-state index >= 15 is 0 Å². The lowest BCUT2D eigenvalue weighted by molar-refractivity contribution is 0.309. The van der Waals surface area contributed by atoms with Gasteiger partial charge in [0.05, 0.1) is 17.8 Å². The summed E-state index contributed by atoms with van der Waals surface area (Å²) in [6.45, 7) is 3.00. The molecular formula is C21H21FN4S. The molecule has 1 aliphatic heterocycles. The quantitative estimate of drug-likeness (QED) is 0.666. The van der Waals surface area contributed by atoms with Gasteiger partial charge in [0.2, 0.25) is 0 Å². The maximum atomic E-state index is 13.4. The van der Waals surface area contributed by atoms with E-state index in [4.69, 9.17) is 12.2 Å². The molecule has 0 bridgehead atoms. The Hall–Kier alpha value is -2.73. The molecule has 27 heavy (non-hydrogen) atoms. The molecule has 1 N–H and O–H groups in total. The van der Waals surface area contributed by atoms with Crippen molar-refractivity contribution in [1.82, 2.24) is 19.8 Å². The summed E-state index contributed by atoms with van der Waals surface area (Å²) in [5.74, 6) is -0.241. The van der Waals surface area contributed by atoms with Gasteiger partial charge in [-0.25, -0.2) is 4.39 Å². The SMILES string of the molecule is CCCN1C(=S)N[C@H](c2ccccn2)[C@@H]1c1cccn1-c1ccc(F)cc1. The van der Waals surface area contributed by atoms with Crippen molar-refractivity contribution in [2.75, 3.05) is 6.54 Å². The van der Waals surface area contributed by atoms with Crippen LogP contribution in [-0.4, -0.2) is 26.1 Å². The van der Waals surface area contributed by atoms with Crippen LogP contribution < -0.4 is 5.32 Å². The van der Waals surface area contributed by atoms with E-state index in [0.717, 1.165) is 35.2 Å². The molecule has 0 radical (unpaired) electrons. The number of nitrogens with one attached hydrogen (secondary N) is 1. The van der Waals surface area contributed by atoms with Gasteiger partial charge in [-0.3, -0.25) is 4.98 Å². The molecule has 0 aliphatic carbocycles. The van der Waals surface area contributed by atoms with Gasteiger partial charge in [-0.15, -0.1) is 0 Å². The van der Waals surface area contributed by atoms with Crippen LogP contribution in [0.3, 0.4) is 0 Å². The van der Waals surface area contributed by atoms with Crippen molar-refractivity contribution in [3.8, 4) is 5.69 Å². The summed E-state index contributed by atoms with van der Waals surface area (Å²) in [4.78, 5) is 6.78. The minimum Gasteiger partial charge on any atom is -0.352 e. The van der Waals surface area contributed by atoms with Gasteiger partial charge in [0.1, 0.15) is 5.82 Å². The summed E-state index contributed by atoms with van der Waals surface area (Å²) < 4.78 is 15.5. The van der Waals surface area contributed by atoms with E-state index in [1.54, 1.807) is 18.3 Å². The molecule has 4 rings (SSSR count). The lowest BCUT2D eigenvalue weighted by Crippen LogP contribution is -2.31. The Morgan fingerprint density at radius 2 is 1.93 bits per heavy atom. The molecule has 3 aromatic rings. The second-order valence-electron chi connectivity index (χ2n) is 6.60. The minimum atomic E-state index is -0.241. The lowest BCUT2D eigenvalue weighted by Gasteiger charge is -2.28. The van der Waals surface area contributed by atoms with Crippen LogP contribution in [0.1, 0.15) is 36.8 Å². The van der Waals surface area contributed by atoms with Gasteiger partial charge in [0, 0.05) is 30.3 Å². The molecule has 0 saturated carbocycles. The molecule has 3 heterocycles. The smallest absolute Gasteiger partial charge is 0.170 e. The van der Waals surface area contributed by atoms with Gasteiger partial charge >= 0.3 is 0 Å². The predicted molar refractivity (Wildman–Crippen MR) is 108 cm³/mol. The largest absolute Gasteiger partial charge is 0.352 e. The molecule has 138 valence electrons. The number of hydrogen-bond donors (Lipinski definition) is 1. The van der Waals surface area contributed by atoms with E-state index in [9.17, 15) is 4.39 Å². The van der Waals surface area contributed by atoms with Crippen molar-refractivity contribution >= 4 is 17.3 Å². The fraction of sp³-hybridized carbons (Fsp3) is 0.238. The Balaban J connectivity index is 1.80. The van der Waals surface area contributed by atoms with Gasteiger partial charge in [-0.1, -0.05) is 13.0 Å². The highest BCUT2D eigenvalue weighted by Crippen LogP contribution is 2.39. The summed E-state index contributed by atoms with van der Waals surface area (Å²) in [6, 6.07) is 16.6. The molecule has 0 unspecified atom stereocenters. The normalized spacial score (nSPS) is 19.3. The molecule has 2 atom stereocenters. The molecule has 0 spiro atoms. The van der Waals surface area contributed by atoms with E-state index in [-0.39, 0.29) is 17.9 Å². The molecule has 0 amide bonds. The van der Waals surface area contributed by atoms with Crippen LogP contribution in [0.25, 0.3) is 5.69 Å². The predicted octanol–water partition coefficient (Wildman–Crippen LogP) is 4.39. The summed E-state index contributed by atoms with van der Waals surface area (Å²) in [5.41, 5.74) is 2.97. The van der Waals surface area contributed by atoms with Crippen molar-refractivity contribution in [3.05, 3.63) is 84.2 Å². The van der Waals surface area contributed by atoms with Crippen molar-refractivity contribution in [2.24, 2.45) is 0 Å². The number of hydrogen-bond acceptors (Lipinski definition) is 2. The molecule has 1 saturated heterocycles. The lowest BCUT2D eigenvalue weighted by atomic mass is 10.0. The molecule has 2 aromatic heterocycles. The fourth-order valence-corrected chi connectivity index (χ4v) is 4.01. The zero-order chi connectivity index (χ0) is 18.8. The van der Waals surface area contributed by atoms with E-state index in [0.29, 0.717) is 0 Å². The summed E-state index contributed by atoms with van der Waals surface area (Å²) in [7, 11) is 0. The van der Waals surface area contributed by atoms with Crippen molar-refractivity contribution in [1.29, 1.82) is 0 Å². The number of pyridine rings is 1. The first-order chi connectivity index (χ1) is 13.2. The number of aromatic nitrogens is 2. The Labute approximate surface area is 163 Å². The van der Waals surface area contributed by atoms with Crippen LogP contribution in [0.15, 0.2) is 67.0 Å². The van der Waals surface area contributed by atoms with Gasteiger partial charge in [-0.05, 0) is 67.2 Å². The van der Waals surface area contributed by atoms with Crippen LogP contribution in [0.5, 0.6) is 0 Å². The van der Waals surface area contributed by atoms with Crippen LogP contribution in [0, 0.1) is 5.82 Å². The average Bonchev–Trinajstić information content (AvgIpc) is 3.28. The third-order valence-corrected chi connectivity index (χ3v) is 5.20. The van der Waals surface area contributed by atoms with Crippen LogP contribution in [-0.2, 0) is 0 Å². The third-order valence-electron chi connectivity index (χ3n) is 4.85. The number of thiocarbonyl (C=S) groups is 1. The maximum absolute atomic E-state index is 13.4. The van der Waals surface area contributed by atoms with E-state index in [1.165, 1.54) is 12.1 Å². The standard InChI is InChI=1S/C21H21FN4S/c1-2-13-26-20(19(24-21(26)27)17-6-3-4-12-23-17)18-7-5-14-25(18)16-10-8-15(22)9-11-16/h3-12,14,19-20H,2,13H2,1H3,(H,24,27)/t19-,20+/m1/s1. The monoisotopic (exact) mass is 380 g/mol. The van der Waals surface area contributed by atoms with Crippen molar-refractivity contribution < 1.29 is 4.39 Å². The van der Waals surface area contributed by atoms with Crippen LogP contribution in [0.2, 0.25) is 0 Å².